The molecule has 0 aliphatic heterocycles. The first-order valence-electron chi connectivity index (χ1n) is 5.76. The van der Waals surface area contributed by atoms with E-state index in [4.69, 9.17) is 9.52 Å². The van der Waals surface area contributed by atoms with Gasteiger partial charge in [-0.2, -0.15) is 0 Å². The molecule has 0 saturated heterocycles. The summed E-state index contributed by atoms with van der Waals surface area (Å²) in [7, 11) is 0. The van der Waals surface area contributed by atoms with Gasteiger partial charge < -0.3 is 9.52 Å². The Balaban J connectivity index is 2.17. The van der Waals surface area contributed by atoms with Gasteiger partial charge in [0.25, 0.3) is 0 Å². The minimum Gasteiger partial charge on any atom is -0.478 e. The van der Waals surface area contributed by atoms with Crippen molar-refractivity contribution < 1.29 is 23.1 Å². The van der Waals surface area contributed by atoms with E-state index in [2.05, 4.69) is 0 Å². The first kappa shape index (κ1) is 12.3. The number of carboxylic acid groups (broad SMARTS) is 1. The van der Waals surface area contributed by atoms with Crippen molar-refractivity contribution in [2.24, 2.45) is 0 Å². The molecule has 3 aromatic rings. The van der Waals surface area contributed by atoms with Crippen LogP contribution in [0.2, 0.25) is 0 Å². The Labute approximate surface area is 112 Å². The Morgan fingerprint density at radius 2 is 1.80 bits per heavy atom. The summed E-state index contributed by atoms with van der Waals surface area (Å²) < 4.78 is 32.0. The van der Waals surface area contributed by atoms with Crippen LogP contribution in [0.3, 0.4) is 0 Å². The summed E-state index contributed by atoms with van der Waals surface area (Å²) in [5, 5.41) is 9.44. The van der Waals surface area contributed by atoms with Crippen molar-refractivity contribution in [2.45, 2.75) is 0 Å². The zero-order valence-electron chi connectivity index (χ0n) is 10.1. The molecule has 0 aliphatic rings. The fourth-order valence-corrected chi connectivity index (χ4v) is 2.01. The van der Waals surface area contributed by atoms with Crippen LogP contribution < -0.4 is 0 Å². The third kappa shape index (κ3) is 2.14. The minimum atomic E-state index is -1.23. The van der Waals surface area contributed by atoms with E-state index < -0.39 is 17.6 Å². The van der Waals surface area contributed by atoms with E-state index in [1.807, 2.05) is 0 Å². The topological polar surface area (TPSA) is 50.4 Å². The van der Waals surface area contributed by atoms with Crippen LogP contribution in [-0.4, -0.2) is 11.1 Å². The van der Waals surface area contributed by atoms with Crippen molar-refractivity contribution in [3.63, 3.8) is 0 Å². The van der Waals surface area contributed by atoms with Crippen LogP contribution in [-0.2, 0) is 0 Å². The predicted molar refractivity (Wildman–Crippen MR) is 68.5 cm³/mol. The van der Waals surface area contributed by atoms with Gasteiger partial charge in [-0.05, 0) is 42.5 Å². The van der Waals surface area contributed by atoms with Crippen LogP contribution in [0.25, 0.3) is 22.3 Å². The predicted octanol–water partition coefficient (Wildman–Crippen LogP) is 4.08. The Morgan fingerprint density at radius 3 is 2.55 bits per heavy atom. The van der Waals surface area contributed by atoms with Crippen LogP contribution in [0, 0.1) is 11.6 Å². The number of carboxylic acids is 1. The standard InChI is InChI=1S/C15H8F2O3/c16-11-1-2-13-9(4-11)7-14(20-13)8-3-10(15(18)19)6-12(17)5-8/h1-7H,(H,18,19). The molecule has 3 nitrogen and oxygen atoms in total. The monoisotopic (exact) mass is 274 g/mol. The van der Waals surface area contributed by atoms with Crippen molar-refractivity contribution in [3.8, 4) is 11.3 Å². The van der Waals surface area contributed by atoms with E-state index in [9.17, 15) is 13.6 Å². The van der Waals surface area contributed by atoms with Gasteiger partial charge in [0.05, 0.1) is 5.56 Å². The van der Waals surface area contributed by atoms with Crippen LogP contribution in [0.5, 0.6) is 0 Å². The van der Waals surface area contributed by atoms with Crippen molar-refractivity contribution in [1.82, 2.24) is 0 Å². The van der Waals surface area contributed by atoms with Crippen LogP contribution >= 0.6 is 0 Å². The van der Waals surface area contributed by atoms with Gasteiger partial charge in [-0.25, -0.2) is 13.6 Å². The highest BCUT2D eigenvalue weighted by molar-refractivity contribution is 5.90. The number of carbonyl (C=O) groups is 1. The lowest BCUT2D eigenvalue weighted by molar-refractivity contribution is 0.0696. The molecule has 5 heteroatoms. The number of hydrogen-bond acceptors (Lipinski definition) is 2. The maximum Gasteiger partial charge on any atom is 0.335 e. The molecule has 0 atom stereocenters. The lowest BCUT2D eigenvalue weighted by Crippen LogP contribution is -1.97. The molecule has 0 radical (unpaired) electrons. The normalized spacial score (nSPS) is 10.9. The van der Waals surface area contributed by atoms with E-state index in [0.717, 1.165) is 6.07 Å². The molecular formula is C15H8F2O3. The highest BCUT2D eigenvalue weighted by atomic mass is 19.1. The van der Waals surface area contributed by atoms with Gasteiger partial charge in [-0.3, -0.25) is 0 Å². The molecule has 0 aliphatic carbocycles. The highest BCUT2D eigenvalue weighted by Gasteiger charge is 2.12. The molecule has 3 rings (SSSR count). The lowest BCUT2D eigenvalue weighted by atomic mass is 10.1. The van der Waals surface area contributed by atoms with Crippen LogP contribution in [0.15, 0.2) is 46.9 Å². The molecule has 0 bridgehead atoms. The number of aromatic carboxylic acids is 1. The molecule has 1 N–H and O–H groups in total. The Hall–Kier alpha value is -2.69. The van der Waals surface area contributed by atoms with E-state index >= 15 is 0 Å². The van der Waals surface area contributed by atoms with Crippen molar-refractivity contribution in [2.75, 3.05) is 0 Å². The summed E-state index contributed by atoms with van der Waals surface area (Å²) in [5.74, 6) is -2.03. The summed E-state index contributed by atoms with van der Waals surface area (Å²) in [6.45, 7) is 0. The summed E-state index contributed by atoms with van der Waals surface area (Å²) >= 11 is 0. The van der Waals surface area contributed by atoms with Gasteiger partial charge in [0.15, 0.2) is 0 Å². The third-order valence-electron chi connectivity index (χ3n) is 2.91. The van der Waals surface area contributed by atoms with Crippen molar-refractivity contribution in [3.05, 3.63) is 59.7 Å². The van der Waals surface area contributed by atoms with E-state index in [1.165, 1.54) is 30.3 Å². The molecule has 20 heavy (non-hydrogen) atoms. The number of rotatable bonds is 2. The second kappa shape index (κ2) is 4.45. The second-order valence-electron chi connectivity index (χ2n) is 4.33. The zero-order valence-corrected chi connectivity index (χ0v) is 10.1. The Kier molecular flexibility index (Phi) is 2.75. The van der Waals surface area contributed by atoms with Crippen LogP contribution in [0.1, 0.15) is 10.4 Å². The molecule has 0 unspecified atom stereocenters. The molecule has 0 fully saturated rings. The van der Waals surface area contributed by atoms with Gasteiger partial charge in [0, 0.05) is 10.9 Å². The van der Waals surface area contributed by atoms with Gasteiger partial charge >= 0.3 is 5.97 Å². The fraction of sp³-hybridized carbons (Fsp3) is 0. The molecule has 1 heterocycles. The fourth-order valence-electron chi connectivity index (χ4n) is 2.01. The van der Waals surface area contributed by atoms with Gasteiger partial charge in [-0.1, -0.05) is 0 Å². The molecule has 100 valence electrons. The maximum atomic E-state index is 13.4. The average molecular weight is 274 g/mol. The summed E-state index contributed by atoms with van der Waals surface area (Å²) in [6, 6.07) is 8.95. The highest BCUT2D eigenvalue weighted by Crippen LogP contribution is 2.29. The first-order valence-corrected chi connectivity index (χ1v) is 5.76. The first-order chi connectivity index (χ1) is 9.52. The van der Waals surface area contributed by atoms with Crippen molar-refractivity contribution >= 4 is 16.9 Å². The van der Waals surface area contributed by atoms with Crippen LogP contribution in [0.4, 0.5) is 8.78 Å². The minimum absolute atomic E-state index is 0.174. The Morgan fingerprint density at radius 1 is 1.00 bits per heavy atom. The third-order valence-corrected chi connectivity index (χ3v) is 2.91. The smallest absolute Gasteiger partial charge is 0.335 e. The zero-order chi connectivity index (χ0) is 14.3. The van der Waals surface area contributed by atoms with Gasteiger partial charge in [0.2, 0.25) is 0 Å². The number of furan rings is 1. The second-order valence-corrected chi connectivity index (χ2v) is 4.33. The molecule has 1 aromatic heterocycles. The molecule has 0 amide bonds. The van der Waals surface area contributed by atoms with Gasteiger partial charge in [-0.15, -0.1) is 0 Å². The number of fused-ring (bicyclic) bond motifs is 1. The average Bonchev–Trinajstić information content (AvgIpc) is 2.80. The molecule has 2 aromatic carbocycles. The molecule has 0 saturated carbocycles. The lowest BCUT2D eigenvalue weighted by Gasteiger charge is -2.00. The summed E-state index contributed by atoms with van der Waals surface area (Å²) in [4.78, 5) is 10.9. The van der Waals surface area contributed by atoms with E-state index in [0.29, 0.717) is 16.5 Å². The summed E-state index contributed by atoms with van der Waals surface area (Å²) in [5.41, 5.74) is 0.563. The SMILES string of the molecule is O=C(O)c1cc(F)cc(-c2cc3cc(F)ccc3o2)c1. The number of hydrogen-bond donors (Lipinski definition) is 1. The number of halogens is 2. The largest absolute Gasteiger partial charge is 0.478 e. The quantitative estimate of drug-likeness (QED) is 0.766. The van der Waals surface area contributed by atoms with Crippen molar-refractivity contribution in [1.29, 1.82) is 0 Å². The Bertz CT molecular complexity index is 821. The van der Waals surface area contributed by atoms with E-state index in [1.54, 1.807) is 6.07 Å². The number of benzene rings is 2. The van der Waals surface area contributed by atoms with Gasteiger partial charge in [0.1, 0.15) is 23.0 Å². The maximum absolute atomic E-state index is 13.4. The summed E-state index contributed by atoms with van der Waals surface area (Å²) in [6.07, 6.45) is 0. The molecular weight excluding hydrogens is 266 g/mol. The molecule has 0 spiro atoms. The van der Waals surface area contributed by atoms with E-state index in [-0.39, 0.29) is 11.3 Å².